The van der Waals surface area contributed by atoms with E-state index in [1.165, 1.54) is 0 Å². The van der Waals surface area contributed by atoms with Crippen molar-refractivity contribution in [2.24, 2.45) is 5.92 Å². The number of piperidine rings is 1. The van der Waals surface area contributed by atoms with Gasteiger partial charge in [0, 0.05) is 24.9 Å². The Balaban J connectivity index is 1.65. The van der Waals surface area contributed by atoms with Gasteiger partial charge >= 0.3 is 0 Å². The molecule has 0 bridgehead atoms. The first-order valence-corrected chi connectivity index (χ1v) is 8.40. The fraction of sp³-hybridized carbons (Fsp3) is 0.733. The Bertz CT molecular complexity index is 425. The zero-order valence-electron chi connectivity index (χ0n) is 12.5. The van der Waals surface area contributed by atoms with Gasteiger partial charge in [0.25, 0.3) is 0 Å². The number of aryl methyl sites for hydroxylation is 2. The third-order valence-corrected chi connectivity index (χ3v) is 4.77. The van der Waals surface area contributed by atoms with E-state index in [2.05, 4.69) is 15.7 Å². The second-order valence-corrected chi connectivity index (χ2v) is 6.66. The van der Waals surface area contributed by atoms with Crippen molar-refractivity contribution < 1.29 is 4.79 Å². The number of rotatable bonds is 6. The minimum atomic E-state index is 0.319. The van der Waals surface area contributed by atoms with Crippen LogP contribution in [0.25, 0.3) is 0 Å². The van der Waals surface area contributed by atoms with Crippen LogP contribution in [0.5, 0.6) is 0 Å². The minimum absolute atomic E-state index is 0.319. The molecule has 1 aliphatic rings. The molecule has 4 nitrogen and oxygen atoms in total. The molecule has 2 heterocycles. The van der Waals surface area contributed by atoms with Gasteiger partial charge in [-0.05, 0) is 52.1 Å². The van der Waals surface area contributed by atoms with Crippen molar-refractivity contribution in [1.29, 1.82) is 0 Å². The molecule has 0 aromatic carbocycles. The molecule has 1 amide bonds. The Hall–Kier alpha value is -0.940. The summed E-state index contributed by atoms with van der Waals surface area (Å²) >= 11 is 1.68. The summed E-state index contributed by atoms with van der Waals surface area (Å²) in [5.74, 6) is 1.06. The molecule has 0 radical (unpaired) electrons. The molecule has 1 aromatic heterocycles. The molecule has 2 rings (SSSR count). The summed E-state index contributed by atoms with van der Waals surface area (Å²) < 4.78 is 0. The average molecular weight is 295 g/mol. The van der Waals surface area contributed by atoms with E-state index in [4.69, 9.17) is 0 Å². The molecule has 0 aliphatic carbocycles. The van der Waals surface area contributed by atoms with Gasteiger partial charge in [-0.2, -0.15) is 0 Å². The lowest BCUT2D eigenvalue weighted by Gasteiger charge is -2.32. The van der Waals surface area contributed by atoms with Crippen molar-refractivity contribution in [2.45, 2.75) is 39.0 Å². The maximum absolute atomic E-state index is 12.2. The summed E-state index contributed by atoms with van der Waals surface area (Å²) in [5, 5.41) is 6.44. The lowest BCUT2D eigenvalue weighted by molar-refractivity contribution is -0.132. The van der Waals surface area contributed by atoms with Crippen LogP contribution in [-0.2, 0) is 11.2 Å². The van der Waals surface area contributed by atoms with Crippen molar-refractivity contribution >= 4 is 17.2 Å². The van der Waals surface area contributed by atoms with E-state index in [0.717, 1.165) is 61.9 Å². The summed E-state index contributed by atoms with van der Waals surface area (Å²) in [6.07, 6.45) is 4.77. The first kappa shape index (κ1) is 15.4. The zero-order chi connectivity index (χ0) is 14.4. The molecule has 5 heteroatoms. The van der Waals surface area contributed by atoms with E-state index in [-0.39, 0.29) is 0 Å². The van der Waals surface area contributed by atoms with Gasteiger partial charge < -0.3 is 10.2 Å². The Morgan fingerprint density at radius 1 is 1.50 bits per heavy atom. The second kappa shape index (κ2) is 7.74. The number of nitrogens with one attached hydrogen (secondary N) is 1. The largest absolute Gasteiger partial charge is 0.343 e. The average Bonchev–Trinajstić information content (AvgIpc) is 2.85. The van der Waals surface area contributed by atoms with Crippen LogP contribution in [0, 0.1) is 12.8 Å². The molecule has 1 N–H and O–H groups in total. The summed E-state index contributed by atoms with van der Waals surface area (Å²) in [5.41, 5.74) is 1.13. The Morgan fingerprint density at radius 3 is 2.85 bits per heavy atom. The Labute approximate surface area is 125 Å². The van der Waals surface area contributed by atoms with Crippen LogP contribution in [-0.4, -0.2) is 42.5 Å². The molecule has 112 valence electrons. The third-order valence-electron chi connectivity index (χ3n) is 3.95. The summed E-state index contributed by atoms with van der Waals surface area (Å²) in [4.78, 5) is 18.6. The van der Waals surface area contributed by atoms with Crippen molar-refractivity contribution in [3.05, 3.63) is 16.1 Å². The molecule has 0 unspecified atom stereocenters. The number of hydrogen-bond donors (Lipinski definition) is 1. The number of thiazole rings is 1. The second-order valence-electron chi connectivity index (χ2n) is 5.59. The van der Waals surface area contributed by atoms with Crippen LogP contribution >= 0.6 is 11.3 Å². The fourth-order valence-electron chi connectivity index (χ4n) is 2.78. The van der Waals surface area contributed by atoms with E-state index in [0.29, 0.717) is 12.3 Å². The number of hydrogen-bond acceptors (Lipinski definition) is 4. The van der Waals surface area contributed by atoms with Crippen LogP contribution in [0.15, 0.2) is 5.38 Å². The molecule has 1 aliphatic heterocycles. The number of amides is 1. The van der Waals surface area contributed by atoms with E-state index >= 15 is 0 Å². The molecular formula is C15H25N3OS. The maximum Gasteiger partial charge on any atom is 0.222 e. The first-order valence-electron chi connectivity index (χ1n) is 7.52. The van der Waals surface area contributed by atoms with Gasteiger partial charge in [0.2, 0.25) is 5.91 Å². The van der Waals surface area contributed by atoms with Crippen molar-refractivity contribution in [2.75, 3.05) is 26.7 Å². The maximum atomic E-state index is 12.2. The number of carbonyl (C=O) groups is 1. The molecule has 1 aromatic rings. The highest BCUT2D eigenvalue weighted by atomic mass is 32.1. The molecule has 20 heavy (non-hydrogen) atoms. The number of aromatic nitrogens is 1. The molecule has 0 spiro atoms. The highest BCUT2D eigenvalue weighted by molar-refractivity contribution is 7.09. The predicted octanol–water partition coefficient (Wildman–Crippen LogP) is 2.23. The molecule has 0 atom stereocenters. The molecule has 1 saturated heterocycles. The predicted molar refractivity (Wildman–Crippen MR) is 83.0 cm³/mol. The van der Waals surface area contributed by atoms with Crippen molar-refractivity contribution in [3.8, 4) is 0 Å². The Kier molecular flexibility index (Phi) is 5.98. The van der Waals surface area contributed by atoms with Gasteiger partial charge in [0.15, 0.2) is 0 Å². The van der Waals surface area contributed by atoms with Gasteiger partial charge in [0.05, 0.1) is 10.7 Å². The van der Waals surface area contributed by atoms with Crippen LogP contribution in [0.2, 0.25) is 0 Å². The number of nitrogens with zero attached hydrogens (tertiary/aromatic N) is 2. The normalized spacial score (nSPS) is 16.6. The highest BCUT2D eigenvalue weighted by Crippen LogP contribution is 2.18. The van der Waals surface area contributed by atoms with Crippen LogP contribution < -0.4 is 5.32 Å². The lowest BCUT2D eigenvalue weighted by Crippen LogP contribution is -2.40. The van der Waals surface area contributed by atoms with Gasteiger partial charge in [-0.15, -0.1) is 11.3 Å². The highest BCUT2D eigenvalue weighted by Gasteiger charge is 2.21. The fourth-order valence-corrected chi connectivity index (χ4v) is 3.42. The number of carbonyl (C=O) groups excluding carboxylic acids is 1. The number of likely N-dealkylation sites (tertiary alicyclic amines) is 1. The molecular weight excluding hydrogens is 270 g/mol. The summed E-state index contributed by atoms with van der Waals surface area (Å²) in [6, 6.07) is 0. The third kappa shape index (κ3) is 4.56. The quantitative estimate of drug-likeness (QED) is 0.875. The molecule has 1 fully saturated rings. The van der Waals surface area contributed by atoms with Crippen LogP contribution in [0.4, 0.5) is 0 Å². The van der Waals surface area contributed by atoms with Gasteiger partial charge in [-0.25, -0.2) is 4.98 Å². The van der Waals surface area contributed by atoms with Gasteiger partial charge in [0.1, 0.15) is 0 Å². The smallest absolute Gasteiger partial charge is 0.222 e. The standard InChI is InChI=1S/C15H25N3OS/c1-12-17-14(11-20-12)4-3-5-15(19)18-8-6-13(7-9-18)10-16-2/h11,13,16H,3-10H2,1-2H3. The van der Waals surface area contributed by atoms with Gasteiger partial charge in [-0.3, -0.25) is 4.79 Å². The topological polar surface area (TPSA) is 45.2 Å². The van der Waals surface area contributed by atoms with E-state index < -0.39 is 0 Å². The van der Waals surface area contributed by atoms with Gasteiger partial charge in [-0.1, -0.05) is 0 Å². The SMILES string of the molecule is CNCC1CCN(C(=O)CCCc2csc(C)n2)CC1. The first-order chi connectivity index (χ1) is 9.69. The minimum Gasteiger partial charge on any atom is -0.343 e. The monoisotopic (exact) mass is 295 g/mol. The Morgan fingerprint density at radius 2 is 2.25 bits per heavy atom. The van der Waals surface area contributed by atoms with Crippen molar-refractivity contribution in [3.63, 3.8) is 0 Å². The van der Waals surface area contributed by atoms with Crippen LogP contribution in [0.3, 0.4) is 0 Å². The van der Waals surface area contributed by atoms with Crippen molar-refractivity contribution in [1.82, 2.24) is 15.2 Å². The lowest BCUT2D eigenvalue weighted by atomic mass is 9.96. The van der Waals surface area contributed by atoms with E-state index in [1.807, 2.05) is 18.9 Å². The summed E-state index contributed by atoms with van der Waals surface area (Å²) in [7, 11) is 2.00. The van der Waals surface area contributed by atoms with E-state index in [1.54, 1.807) is 11.3 Å². The molecule has 0 saturated carbocycles. The summed E-state index contributed by atoms with van der Waals surface area (Å²) in [6.45, 7) is 4.96. The van der Waals surface area contributed by atoms with Crippen LogP contribution in [0.1, 0.15) is 36.4 Å². The van der Waals surface area contributed by atoms with E-state index in [9.17, 15) is 4.79 Å². The zero-order valence-corrected chi connectivity index (χ0v) is 13.3.